The van der Waals surface area contributed by atoms with Gasteiger partial charge in [0.2, 0.25) is 10.0 Å². The van der Waals surface area contributed by atoms with Gasteiger partial charge in [-0.2, -0.15) is 12.7 Å². The number of nitrogens with zero attached hydrogens (tertiary/aromatic N) is 2. The maximum absolute atomic E-state index is 13.4. The Labute approximate surface area is 191 Å². The molecule has 1 heterocycles. The van der Waals surface area contributed by atoms with Crippen molar-refractivity contribution in [2.24, 2.45) is 0 Å². The van der Waals surface area contributed by atoms with E-state index in [1.807, 2.05) is 31.1 Å². The highest BCUT2D eigenvalue weighted by molar-refractivity contribution is 7.89. The molecule has 0 aliphatic rings. The molecule has 0 unspecified atom stereocenters. The van der Waals surface area contributed by atoms with Crippen molar-refractivity contribution in [1.82, 2.24) is 9.37 Å². The average molecular weight is 500 g/mol. The molecule has 0 saturated heterocycles. The van der Waals surface area contributed by atoms with E-state index in [0.717, 1.165) is 23.8 Å². The van der Waals surface area contributed by atoms with Crippen LogP contribution in [0, 0.1) is 0 Å². The molecule has 2 aromatic carbocycles. The highest BCUT2D eigenvalue weighted by Gasteiger charge is 2.25. The van der Waals surface area contributed by atoms with Crippen LogP contribution in [0.3, 0.4) is 0 Å². The first-order valence-corrected chi connectivity index (χ1v) is 14.1. The number of hydroxylamine groups is 1. The molecule has 32 heavy (non-hydrogen) atoms. The van der Waals surface area contributed by atoms with Crippen molar-refractivity contribution >= 4 is 57.3 Å². The van der Waals surface area contributed by atoms with E-state index in [9.17, 15) is 21.6 Å². The predicted octanol–water partition coefficient (Wildman–Crippen LogP) is 2.04. The van der Waals surface area contributed by atoms with E-state index in [2.05, 4.69) is 5.32 Å². The highest BCUT2D eigenvalue weighted by Crippen LogP contribution is 2.33. The summed E-state index contributed by atoms with van der Waals surface area (Å²) < 4.78 is 54.0. The summed E-state index contributed by atoms with van der Waals surface area (Å²) in [6, 6.07) is 10.6. The Balaban J connectivity index is 2.20. The van der Waals surface area contributed by atoms with Crippen LogP contribution in [-0.4, -0.2) is 65.9 Å². The van der Waals surface area contributed by atoms with Gasteiger partial charge in [-0.25, -0.2) is 8.42 Å². The lowest BCUT2D eigenvalue weighted by atomic mass is 10.1. The molecule has 174 valence electrons. The van der Waals surface area contributed by atoms with Crippen LogP contribution in [0.2, 0.25) is 0 Å². The summed E-state index contributed by atoms with van der Waals surface area (Å²) in [6.45, 7) is 0.984. The van der Waals surface area contributed by atoms with Crippen molar-refractivity contribution in [2.75, 3.05) is 45.0 Å². The predicted molar refractivity (Wildman–Crippen MR) is 129 cm³/mol. The summed E-state index contributed by atoms with van der Waals surface area (Å²) in [5, 5.41) is 4.27. The summed E-state index contributed by atoms with van der Waals surface area (Å²) in [5.74, 6) is 0. The van der Waals surface area contributed by atoms with Gasteiger partial charge in [0.1, 0.15) is 0 Å². The maximum Gasteiger partial charge on any atom is 0.281 e. The van der Waals surface area contributed by atoms with Crippen LogP contribution >= 0.6 is 11.3 Å². The van der Waals surface area contributed by atoms with Gasteiger partial charge in [-0.05, 0) is 37.9 Å². The van der Waals surface area contributed by atoms with E-state index in [1.54, 1.807) is 24.3 Å². The van der Waals surface area contributed by atoms with Crippen LogP contribution in [0.5, 0.6) is 0 Å². The molecule has 0 bridgehead atoms. The molecule has 0 spiro atoms. The SMILES string of the molecule is CN(C)CCNc1ccc(CN(OS(C)(=O)=O)S(C)(=O)=O)c2sc3ccccc3c(=O)c12. The van der Waals surface area contributed by atoms with E-state index in [0.29, 0.717) is 37.7 Å². The summed E-state index contributed by atoms with van der Waals surface area (Å²) in [6.07, 6.45) is 1.63. The van der Waals surface area contributed by atoms with Gasteiger partial charge in [0.15, 0.2) is 5.43 Å². The minimum absolute atomic E-state index is 0.182. The van der Waals surface area contributed by atoms with Gasteiger partial charge in [-0.1, -0.05) is 22.7 Å². The quantitative estimate of drug-likeness (QED) is 0.352. The van der Waals surface area contributed by atoms with Crippen molar-refractivity contribution in [1.29, 1.82) is 0 Å². The number of rotatable bonds is 9. The number of hydrogen-bond donors (Lipinski definition) is 1. The number of nitrogens with one attached hydrogen (secondary N) is 1. The molecular formula is C20H25N3O6S3. The zero-order valence-corrected chi connectivity index (χ0v) is 20.6. The fourth-order valence-corrected chi connectivity index (χ4v) is 5.84. The summed E-state index contributed by atoms with van der Waals surface area (Å²) >= 11 is 1.34. The third-order valence-corrected chi connectivity index (χ3v) is 7.31. The zero-order valence-electron chi connectivity index (χ0n) is 18.2. The van der Waals surface area contributed by atoms with E-state index >= 15 is 0 Å². The Hall–Kier alpha value is -2.09. The van der Waals surface area contributed by atoms with Gasteiger partial charge >= 0.3 is 0 Å². The number of anilines is 1. The molecule has 0 radical (unpaired) electrons. The number of fused-ring (bicyclic) bond motifs is 2. The molecule has 0 atom stereocenters. The highest BCUT2D eigenvalue weighted by atomic mass is 32.2. The second kappa shape index (κ2) is 9.41. The smallest absolute Gasteiger partial charge is 0.281 e. The molecule has 0 aliphatic heterocycles. The van der Waals surface area contributed by atoms with Crippen LogP contribution in [0.4, 0.5) is 5.69 Å². The maximum atomic E-state index is 13.4. The van der Waals surface area contributed by atoms with Crippen molar-refractivity contribution < 1.29 is 21.1 Å². The second-order valence-corrected chi connectivity index (χ2v) is 12.1. The molecule has 0 amide bonds. The lowest BCUT2D eigenvalue weighted by Gasteiger charge is -2.20. The minimum Gasteiger partial charge on any atom is -0.383 e. The van der Waals surface area contributed by atoms with Crippen molar-refractivity contribution in [3.8, 4) is 0 Å². The van der Waals surface area contributed by atoms with Gasteiger partial charge in [0, 0.05) is 33.6 Å². The van der Waals surface area contributed by atoms with Gasteiger partial charge in [0.25, 0.3) is 10.1 Å². The molecule has 1 aromatic heterocycles. The average Bonchev–Trinajstić information content (AvgIpc) is 2.67. The minimum atomic E-state index is -4.08. The molecular weight excluding hydrogens is 474 g/mol. The standard InChI is InChI=1S/C20H25N3O6S3/c1-22(2)12-11-21-16-10-9-14(13-23(31(3,25)26)29-32(4,27)28)20-18(16)19(24)15-7-5-6-8-17(15)30-20/h5-10,21H,11-13H2,1-4H3. The Morgan fingerprint density at radius 1 is 1.03 bits per heavy atom. The molecule has 0 aliphatic carbocycles. The van der Waals surface area contributed by atoms with Crippen LogP contribution in [0.25, 0.3) is 20.2 Å². The number of sulfonamides is 1. The normalized spacial score (nSPS) is 12.8. The first kappa shape index (κ1) is 24.6. The van der Waals surface area contributed by atoms with Gasteiger partial charge in [-0.15, -0.1) is 11.3 Å². The van der Waals surface area contributed by atoms with E-state index in [-0.39, 0.29) is 12.0 Å². The molecule has 12 heteroatoms. The van der Waals surface area contributed by atoms with Crippen LogP contribution < -0.4 is 10.7 Å². The fraction of sp³-hybridized carbons (Fsp3) is 0.350. The Bertz CT molecular complexity index is 1420. The van der Waals surface area contributed by atoms with Crippen molar-refractivity contribution in [2.45, 2.75) is 6.54 Å². The van der Waals surface area contributed by atoms with E-state index < -0.39 is 20.1 Å². The largest absolute Gasteiger partial charge is 0.383 e. The summed E-state index contributed by atoms with van der Waals surface area (Å²) in [5.41, 5.74) is 0.908. The lowest BCUT2D eigenvalue weighted by molar-refractivity contribution is 0.0391. The number of benzene rings is 2. The number of likely N-dealkylation sites (N-methyl/N-ethyl adjacent to an activating group) is 1. The van der Waals surface area contributed by atoms with Crippen molar-refractivity contribution in [3.63, 3.8) is 0 Å². The van der Waals surface area contributed by atoms with Gasteiger partial charge in [-0.3, -0.25) is 4.79 Å². The monoisotopic (exact) mass is 499 g/mol. The summed E-state index contributed by atoms with van der Waals surface area (Å²) in [4.78, 5) is 15.4. The van der Waals surface area contributed by atoms with E-state index in [1.165, 1.54) is 11.3 Å². The topological polar surface area (TPSA) is 113 Å². The molecule has 9 nitrogen and oxygen atoms in total. The van der Waals surface area contributed by atoms with E-state index in [4.69, 9.17) is 4.28 Å². The Kier molecular flexibility index (Phi) is 7.22. The van der Waals surface area contributed by atoms with Gasteiger partial charge < -0.3 is 10.2 Å². The molecule has 3 rings (SSSR count). The molecule has 0 saturated carbocycles. The first-order valence-electron chi connectivity index (χ1n) is 9.60. The van der Waals surface area contributed by atoms with Crippen molar-refractivity contribution in [3.05, 3.63) is 52.2 Å². The molecule has 0 fully saturated rings. The molecule has 3 aromatic rings. The first-order chi connectivity index (χ1) is 14.9. The van der Waals surface area contributed by atoms with Crippen LogP contribution in [-0.2, 0) is 31.0 Å². The Morgan fingerprint density at radius 2 is 1.72 bits per heavy atom. The van der Waals surface area contributed by atoms with Crippen LogP contribution in [0.1, 0.15) is 5.56 Å². The molecule has 1 N–H and O–H groups in total. The third-order valence-electron chi connectivity index (χ3n) is 4.57. The fourth-order valence-electron chi connectivity index (χ4n) is 3.13. The second-order valence-electron chi connectivity index (χ2n) is 7.64. The summed E-state index contributed by atoms with van der Waals surface area (Å²) in [7, 11) is -4.21. The zero-order chi connectivity index (χ0) is 23.7. The Morgan fingerprint density at radius 3 is 2.34 bits per heavy atom. The lowest BCUT2D eigenvalue weighted by Crippen LogP contribution is -2.32. The number of hydrogen-bond acceptors (Lipinski definition) is 9. The van der Waals surface area contributed by atoms with Gasteiger partial charge in [0.05, 0.1) is 24.4 Å². The third kappa shape index (κ3) is 5.82. The van der Waals surface area contributed by atoms with Crippen LogP contribution in [0.15, 0.2) is 41.2 Å².